The number of methoxy groups -OCH3 is 3. The summed E-state index contributed by atoms with van der Waals surface area (Å²) >= 11 is 0. The Balaban J connectivity index is 1.69. The minimum absolute atomic E-state index is 0.316. The molecule has 2 aliphatic rings. The maximum atomic E-state index is 12.3. The molecule has 1 aromatic rings. The van der Waals surface area contributed by atoms with E-state index in [4.69, 9.17) is 14.2 Å². The lowest BCUT2D eigenvalue weighted by molar-refractivity contribution is 0.0954. The van der Waals surface area contributed by atoms with Crippen LogP contribution in [0.3, 0.4) is 0 Å². The maximum absolute atomic E-state index is 12.3. The van der Waals surface area contributed by atoms with E-state index in [1.165, 1.54) is 27.8 Å². The van der Waals surface area contributed by atoms with Crippen LogP contribution >= 0.6 is 0 Å². The van der Waals surface area contributed by atoms with Gasteiger partial charge in [-0.05, 0) is 36.8 Å². The third kappa shape index (κ3) is 3.09. The first-order valence-corrected chi connectivity index (χ1v) is 7.98. The number of hydrazone groups is 1. The van der Waals surface area contributed by atoms with E-state index in [2.05, 4.69) is 22.7 Å². The van der Waals surface area contributed by atoms with Crippen LogP contribution in [0.25, 0.3) is 0 Å². The van der Waals surface area contributed by atoms with Crippen molar-refractivity contribution in [3.63, 3.8) is 0 Å². The van der Waals surface area contributed by atoms with Crippen molar-refractivity contribution in [2.75, 3.05) is 21.3 Å². The SMILES string of the molecule is COc1cc(C(=O)NN=CC2CC3C=CC2C3)cc(OC)c1OC. The monoisotopic (exact) mass is 330 g/mol. The van der Waals surface area contributed by atoms with Crippen LogP contribution in [0.5, 0.6) is 17.2 Å². The van der Waals surface area contributed by atoms with E-state index in [0.717, 1.165) is 6.42 Å². The fraction of sp³-hybridized carbons (Fsp3) is 0.444. The normalized spacial score (nSPS) is 24.4. The Morgan fingerprint density at radius 3 is 2.33 bits per heavy atom. The van der Waals surface area contributed by atoms with Gasteiger partial charge in [-0.15, -0.1) is 0 Å². The Kier molecular flexibility index (Phi) is 4.74. The smallest absolute Gasteiger partial charge is 0.271 e. The van der Waals surface area contributed by atoms with E-state index in [0.29, 0.717) is 40.6 Å². The van der Waals surface area contributed by atoms with E-state index in [-0.39, 0.29) is 5.91 Å². The molecule has 1 N–H and O–H groups in total. The molecule has 2 aliphatic carbocycles. The summed E-state index contributed by atoms with van der Waals surface area (Å²) in [6, 6.07) is 3.21. The van der Waals surface area contributed by atoms with Gasteiger partial charge < -0.3 is 14.2 Å². The van der Waals surface area contributed by atoms with Crippen LogP contribution in [0.2, 0.25) is 0 Å². The van der Waals surface area contributed by atoms with Crippen LogP contribution in [0.1, 0.15) is 23.2 Å². The van der Waals surface area contributed by atoms with Gasteiger partial charge in [-0.2, -0.15) is 5.10 Å². The summed E-state index contributed by atoms with van der Waals surface area (Å²) in [5.41, 5.74) is 2.98. The first-order chi connectivity index (χ1) is 11.7. The Bertz CT molecular complexity index is 659. The second-order valence-electron chi connectivity index (χ2n) is 6.08. The number of benzene rings is 1. The molecule has 0 aromatic heterocycles. The zero-order valence-electron chi connectivity index (χ0n) is 14.1. The Morgan fingerprint density at radius 2 is 1.83 bits per heavy atom. The second kappa shape index (κ2) is 6.95. The molecular formula is C18H22N2O4. The van der Waals surface area contributed by atoms with Gasteiger partial charge in [0.05, 0.1) is 21.3 Å². The van der Waals surface area contributed by atoms with Crippen molar-refractivity contribution in [2.24, 2.45) is 22.9 Å². The summed E-state index contributed by atoms with van der Waals surface area (Å²) < 4.78 is 15.8. The molecule has 0 aliphatic heterocycles. The number of nitrogens with zero attached hydrogens (tertiary/aromatic N) is 1. The van der Waals surface area contributed by atoms with Crippen molar-refractivity contribution in [1.82, 2.24) is 5.43 Å². The molecule has 0 saturated heterocycles. The molecule has 0 spiro atoms. The third-order valence-electron chi connectivity index (χ3n) is 4.69. The standard InChI is InChI=1S/C18H22N2O4/c1-22-15-8-13(9-16(23-2)17(15)24-3)18(21)20-19-10-14-7-11-4-5-12(14)6-11/h4-5,8-12,14H,6-7H2,1-3H3,(H,20,21). The number of nitrogens with one attached hydrogen (secondary N) is 1. The largest absolute Gasteiger partial charge is 0.493 e. The van der Waals surface area contributed by atoms with Crippen LogP contribution in [-0.4, -0.2) is 33.5 Å². The molecule has 3 atom stereocenters. The average molecular weight is 330 g/mol. The molecule has 0 heterocycles. The quantitative estimate of drug-likeness (QED) is 0.494. The number of hydrogen-bond donors (Lipinski definition) is 1. The van der Waals surface area contributed by atoms with Gasteiger partial charge in [0, 0.05) is 17.7 Å². The highest BCUT2D eigenvalue weighted by molar-refractivity contribution is 5.95. The summed E-state index contributed by atoms with van der Waals surface area (Å²) in [5.74, 6) is 2.67. The van der Waals surface area contributed by atoms with Gasteiger partial charge in [0.15, 0.2) is 11.5 Å². The molecule has 3 rings (SSSR count). The molecule has 0 radical (unpaired) electrons. The molecule has 1 fully saturated rings. The Morgan fingerprint density at radius 1 is 1.12 bits per heavy atom. The van der Waals surface area contributed by atoms with Gasteiger partial charge >= 0.3 is 0 Å². The fourth-order valence-corrected chi connectivity index (χ4v) is 3.46. The molecule has 1 saturated carbocycles. The second-order valence-corrected chi connectivity index (χ2v) is 6.08. The van der Waals surface area contributed by atoms with Gasteiger partial charge in [-0.3, -0.25) is 4.79 Å². The lowest BCUT2D eigenvalue weighted by Gasteiger charge is -2.14. The number of hydrogen-bond acceptors (Lipinski definition) is 5. The minimum Gasteiger partial charge on any atom is -0.493 e. The number of rotatable bonds is 6. The minimum atomic E-state index is -0.316. The summed E-state index contributed by atoms with van der Waals surface area (Å²) in [7, 11) is 4.55. The van der Waals surface area contributed by atoms with Crippen molar-refractivity contribution in [2.45, 2.75) is 12.8 Å². The van der Waals surface area contributed by atoms with E-state index >= 15 is 0 Å². The summed E-state index contributed by atoms with van der Waals surface area (Å²) in [5, 5.41) is 4.13. The number of carbonyl (C=O) groups excluding carboxylic acids is 1. The van der Waals surface area contributed by atoms with Gasteiger partial charge in [0.1, 0.15) is 0 Å². The van der Waals surface area contributed by atoms with Gasteiger partial charge in [-0.1, -0.05) is 12.2 Å². The molecule has 2 bridgehead atoms. The first-order valence-electron chi connectivity index (χ1n) is 7.98. The van der Waals surface area contributed by atoms with E-state index in [1.807, 2.05) is 6.21 Å². The van der Waals surface area contributed by atoms with Crippen molar-refractivity contribution < 1.29 is 19.0 Å². The van der Waals surface area contributed by atoms with E-state index < -0.39 is 0 Å². The molecule has 1 amide bonds. The number of fused-ring (bicyclic) bond motifs is 2. The molecule has 3 unspecified atom stereocenters. The highest BCUT2D eigenvalue weighted by atomic mass is 16.5. The van der Waals surface area contributed by atoms with Crippen LogP contribution in [0.15, 0.2) is 29.4 Å². The lowest BCUT2D eigenvalue weighted by atomic mass is 9.95. The van der Waals surface area contributed by atoms with Gasteiger partial charge in [0.25, 0.3) is 5.91 Å². The highest BCUT2D eigenvalue weighted by Crippen LogP contribution is 2.42. The van der Waals surface area contributed by atoms with Crippen LogP contribution in [0.4, 0.5) is 0 Å². The van der Waals surface area contributed by atoms with Crippen LogP contribution in [0, 0.1) is 17.8 Å². The average Bonchev–Trinajstić information content (AvgIpc) is 3.23. The Labute approximate surface area is 141 Å². The molecule has 1 aromatic carbocycles. The molecule has 6 nitrogen and oxygen atoms in total. The third-order valence-corrected chi connectivity index (χ3v) is 4.69. The van der Waals surface area contributed by atoms with E-state index in [1.54, 1.807) is 12.1 Å². The zero-order valence-corrected chi connectivity index (χ0v) is 14.1. The summed E-state index contributed by atoms with van der Waals surface area (Å²) in [6.07, 6.45) is 8.71. The first kappa shape index (κ1) is 16.4. The molecular weight excluding hydrogens is 308 g/mol. The van der Waals surface area contributed by atoms with Gasteiger partial charge in [-0.25, -0.2) is 5.43 Å². The predicted octanol–water partition coefficient (Wildman–Crippen LogP) is 2.64. The van der Waals surface area contributed by atoms with Crippen molar-refractivity contribution >= 4 is 12.1 Å². The summed E-state index contributed by atoms with van der Waals surface area (Å²) in [6.45, 7) is 0. The maximum Gasteiger partial charge on any atom is 0.271 e. The fourth-order valence-electron chi connectivity index (χ4n) is 3.46. The van der Waals surface area contributed by atoms with E-state index in [9.17, 15) is 4.79 Å². The highest BCUT2D eigenvalue weighted by Gasteiger charge is 2.34. The zero-order chi connectivity index (χ0) is 17.1. The van der Waals surface area contributed by atoms with Gasteiger partial charge in [0.2, 0.25) is 5.75 Å². The predicted molar refractivity (Wildman–Crippen MR) is 90.9 cm³/mol. The topological polar surface area (TPSA) is 69.2 Å². The van der Waals surface area contributed by atoms with Crippen molar-refractivity contribution in [3.8, 4) is 17.2 Å². The number of allylic oxidation sites excluding steroid dienone is 2. The summed E-state index contributed by atoms with van der Waals surface area (Å²) in [4.78, 5) is 12.3. The lowest BCUT2D eigenvalue weighted by Crippen LogP contribution is -2.19. The Hall–Kier alpha value is -2.50. The molecule has 24 heavy (non-hydrogen) atoms. The molecule has 6 heteroatoms. The van der Waals surface area contributed by atoms with Crippen LogP contribution < -0.4 is 19.6 Å². The number of ether oxygens (including phenoxy) is 3. The van der Waals surface area contributed by atoms with Crippen molar-refractivity contribution in [1.29, 1.82) is 0 Å². The number of carbonyl (C=O) groups is 1. The number of amides is 1. The molecule has 128 valence electrons. The van der Waals surface area contributed by atoms with Crippen molar-refractivity contribution in [3.05, 3.63) is 29.8 Å². The van der Waals surface area contributed by atoms with Crippen LogP contribution in [-0.2, 0) is 0 Å².